The summed E-state index contributed by atoms with van der Waals surface area (Å²) in [4.78, 5) is 10.8. The fraction of sp³-hybridized carbons (Fsp3) is 0.214. The minimum absolute atomic E-state index is 0.115. The number of benzene rings is 1. The number of carboxylic acid groups (broad SMARTS) is 1. The van der Waals surface area contributed by atoms with E-state index in [0.29, 0.717) is 35.4 Å². The summed E-state index contributed by atoms with van der Waals surface area (Å²) >= 11 is 9.42. The maximum atomic E-state index is 10.8. The third-order valence-electron chi connectivity index (χ3n) is 2.65. The van der Waals surface area contributed by atoms with Crippen LogP contribution in [0.25, 0.3) is 0 Å². The van der Waals surface area contributed by atoms with Gasteiger partial charge in [-0.05, 0) is 41.1 Å². The van der Waals surface area contributed by atoms with Gasteiger partial charge in [-0.1, -0.05) is 11.6 Å². The van der Waals surface area contributed by atoms with Gasteiger partial charge in [0.1, 0.15) is 12.0 Å². The molecule has 0 unspecified atom stereocenters. The molecule has 1 heterocycles. The Kier molecular flexibility index (Phi) is 5.14. The molecule has 2 N–H and O–H groups in total. The summed E-state index contributed by atoms with van der Waals surface area (Å²) in [5.41, 5.74) is 0.814. The van der Waals surface area contributed by atoms with Gasteiger partial charge in [-0.3, -0.25) is 0 Å². The number of anilines is 1. The standard InChI is InChI=1S/C14H13BrClNO4/c1-2-20-13-11(15)4-9(16)5-12(13)17-6-10-3-8(7-21-10)14(18)19/h3-5,7,17H,2,6H2,1H3,(H,18,19). The van der Waals surface area contributed by atoms with Crippen LogP contribution in [-0.4, -0.2) is 17.7 Å². The molecule has 112 valence electrons. The number of hydrogen-bond acceptors (Lipinski definition) is 4. The topological polar surface area (TPSA) is 71.7 Å². The first-order chi connectivity index (χ1) is 10.0. The van der Waals surface area contributed by atoms with Gasteiger partial charge in [0.15, 0.2) is 5.75 Å². The molecule has 0 aliphatic heterocycles. The lowest BCUT2D eigenvalue weighted by molar-refractivity contribution is 0.0696. The number of halogens is 2. The molecule has 0 bridgehead atoms. The molecule has 0 saturated carbocycles. The molecule has 0 radical (unpaired) electrons. The van der Waals surface area contributed by atoms with Crippen LogP contribution >= 0.6 is 27.5 Å². The largest absolute Gasteiger partial charge is 0.491 e. The van der Waals surface area contributed by atoms with E-state index in [1.54, 1.807) is 12.1 Å². The van der Waals surface area contributed by atoms with E-state index in [9.17, 15) is 4.79 Å². The summed E-state index contributed by atoms with van der Waals surface area (Å²) in [6.07, 6.45) is 1.21. The van der Waals surface area contributed by atoms with Crippen molar-refractivity contribution < 1.29 is 19.1 Å². The first-order valence-corrected chi connectivity index (χ1v) is 7.34. The first-order valence-electron chi connectivity index (χ1n) is 6.17. The van der Waals surface area contributed by atoms with Crippen LogP contribution in [0.5, 0.6) is 5.75 Å². The Morgan fingerprint density at radius 2 is 2.24 bits per heavy atom. The van der Waals surface area contributed by atoms with Crippen molar-refractivity contribution in [2.24, 2.45) is 0 Å². The number of carbonyl (C=O) groups is 1. The van der Waals surface area contributed by atoms with Crippen LogP contribution in [0.4, 0.5) is 5.69 Å². The second kappa shape index (κ2) is 6.87. The maximum absolute atomic E-state index is 10.8. The number of nitrogens with one attached hydrogen (secondary N) is 1. The van der Waals surface area contributed by atoms with Crippen LogP contribution in [-0.2, 0) is 6.54 Å². The lowest BCUT2D eigenvalue weighted by atomic mass is 10.2. The number of rotatable bonds is 6. The van der Waals surface area contributed by atoms with Gasteiger partial charge in [0.05, 0.1) is 28.9 Å². The van der Waals surface area contributed by atoms with Crippen molar-refractivity contribution in [3.05, 3.63) is 45.3 Å². The molecule has 0 atom stereocenters. The molecular formula is C14H13BrClNO4. The highest BCUT2D eigenvalue weighted by atomic mass is 79.9. The highest BCUT2D eigenvalue weighted by Crippen LogP contribution is 2.36. The molecule has 2 rings (SSSR count). The molecular weight excluding hydrogens is 362 g/mol. The average Bonchev–Trinajstić information content (AvgIpc) is 2.89. The van der Waals surface area contributed by atoms with Crippen LogP contribution < -0.4 is 10.1 Å². The van der Waals surface area contributed by atoms with E-state index in [1.807, 2.05) is 6.92 Å². The van der Waals surface area contributed by atoms with Crippen molar-refractivity contribution in [1.82, 2.24) is 0 Å². The van der Waals surface area contributed by atoms with Crippen LogP contribution in [0.15, 0.2) is 33.4 Å². The summed E-state index contributed by atoms with van der Waals surface area (Å²) in [6, 6.07) is 4.95. The molecule has 0 fully saturated rings. The van der Waals surface area contributed by atoms with Gasteiger partial charge in [0.25, 0.3) is 0 Å². The number of hydrogen-bond donors (Lipinski definition) is 2. The van der Waals surface area contributed by atoms with Crippen molar-refractivity contribution >= 4 is 39.2 Å². The summed E-state index contributed by atoms with van der Waals surface area (Å²) < 4.78 is 11.5. The fourth-order valence-corrected chi connectivity index (χ4v) is 2.68. The van der Waals surface area contributed by atoms with Gasteiger partial charge in [0, 0.05) is 5.02 Å². The van der Waals surface area contributed by atoms with Gasteiger partial charge in [-0.15, -0.1) is 0 Å². The molecule has 0 aliphatic carbocycles. The first kappa shape index (κ1) is 15.7. The molecule has 2 aromatic rings. The zero-order chi connectivity index (χ0) is 15.4. The number of furan rings is 1. The zero-order valence-corrected chi connectivity index (χ0v) is 13.5. The Balaban J connectivity index is 2.16. The maximum Gasteiger partial charge on any atom is 0.338 e. The zero-order valence-electron chi connectivity index (χ0n) is 11.2. The third kappa shape index (κ3) is 3.92. The quantitative estimate of drug-likeness (QED) is 0.784. The van der Waals surface area contributed by atoms with Crippen molar-refractivity contribution in [1.29, 1.82) is 0 Å². The predicted molar refractivity (Wildman–Crippen MR) is 83.3 cm³/mol. The molecule has 0 aliphatic rings. The van der Waals surface area contributed by atoms with E-state index in [-0.39, 0.29) is 5.56 Å². The van der Waals surface area contributed by atoms with E-state index < -0.39 is 5.97 Å². The normalized spacial score (nSPS) is 10.4. The minimum atomic E-state index is -1.02. The van der Waals surface area contributed by atoms with E-state index in [1.165, 1.54) is 12.3 Å². The molecule has 21 heavy (non-hydrogen) atoms. The van der Waals surface area contributed by atoms with Crippen molar-refractivity contribution in [2.75, 3.05) is 11.9 Å². The lowest BCUT2D eigenvalue weighted by Crippen LogP contribution is -2.03. The Hall–Kier alpha value is -1.66. The van der Waals surface area contributed by atoms with E-state index in [4.69, 9.17) is 25.9 Å². The molecule has 1 aromatic carbocycles. The molecule has 0 saturated heterocycles. The predicted octanol–water partition coefficient (Wildman–Crippen LogP) is 4.40. The highest BCUT2D eigenvalue weighted by molar-refractivity contribution is 9.10. The minimum Gasteiger partial charge on any atom is -0.491 e. The van der Waals surface area contributed by atoms with Crippen LogP contribution in [0.2, 0.25) is 5.02 Å². The van der Waals surface area contributed by atoms with E-state index in [0.717, 1.165) is 4.47 Å². The Morgan fingerprint density at radius 1 is 1.48 bits per heavy atom. The molecule has 5 nitrogen and oxygen atoms in total. The lowest BCUT2D eigenvalue weighted by Gasteiger charge is -2.14. The van der Waals surface area contributed by atoms with Crippen molar-refractivity contribution in [2.45, 2.75) is 13.5 Å². The SMILES string of the molecule is CCOc1c(Br)cc(Cl)cc1NCc1cc(C(=O)O)co1. The Morgan fingerprint density at radius 3 is 2.86 bits per heavy atom. The molecule has 0 spiro atoms. The second-order valence-electron chi connectivity index (χ2n) is 4.16. The fourth-order valence-electron chi connectivity index (χ4n) is 1.75. The molecule has 1 aromatic heterocycles. The second-order valence-corrected chi connectivity index (χ2v) is 5.45. The summed E-state index contributed by atoms with van der Waals surface area (Å²) in [6.45, 7) is 2.72. The number of ether oxygens (including phenoxy) is 1. The monoisotopic (exact) mass is 373 g/mol. The Bertz CT molecular complexity index is 656. The summed E-state index contributed by atoms with van der Waals surface area (Å²) in [5, 5.41) is 12.5. The van der Waals surface area contributed by atoms with Gasteiger partial charge in [-0.2, -0.15) is 0 Å². The summed E-state index contributed by atoms with van der Waals surface area (Å²) in [7, 11) is 0. The van der Waals surface area contributed by atoms with Gasteiger partial charge < -0.3 is 19.6 Å². The van der Waals surface area contributed by atoms with E-state index >= 15 is 0 Å². The summed E-state index contributed by atoms with van der Waals surface area (Å²) in [5.74, 6) is 0.128. The highest BCUT2D eigenvalue weighted by Gasteiger charge is 2.12. The van der Waals surface area contributed by atoms with Gasteiger partial charge in [0.2, 0.25) is 0 Å². The number of carboxylic acids is 1. The van der Waals surface area contributed by atoms with Gasteiger partial charge in [-0.25, -0.2) is 4.79 Å². The van der Waals surface area contributed by atoms with Gasteiger partial charge >= 0.3 is 5.97 Å². The smallest absolute Gasteiger partial charge is 0.338 e. The van der Waals surface area contributed by atoms with Crippen molar-refractivity contribution in [3.8, 4) is 5.75 Å². The van der Waals surface area contributed by atoms with Crippen LogP contribution in [0.3, 0.4) is 0 Å². The molecule has 0 amide bonds. The van der Waals surface area contributed by atoms with E-state index in [2.05, 4.69) is 21.2 Å². The van der Waals surface area contributed by atoms with Crippen LogP contribution in [0.1, 0.15) is 23.0 Å². The Labute approximate surface area is 135 Å². The number of aromatic carboxylic acids is 1. The third-order valence-corrected chi connectivity index (χ3v) is 3.46. The van der Waals surface area contributed by atoms with Crippen molar-refractivity contribution in [3.63, 3.8) is 0 Å². The average molecular weight is 375 g/mol. The molecule has 7 heteroatoms. The van der Waals surface area contributed by atoms with Crippen LogP contribution in [0, 0.1) is 0 Å².